The second-order valence-electron chi connectivity index (χ2n) is 4.47. The van der Waals surface area contributed by atoms with E-state index in [2.05, 4.69) is 37.3 Å². The van der Waals surface area contributed by atoms with Gasteiger partial charge in [0.05, 0.1) is 0 Å². The maximum absolute atomic E-state index is 2.39. The lowest BCUT2D eigenvalue weighted by molar-refractivity contribution is 0.570. The first-order valence-corrected chi connectivity index (χ1v) is 5.67. The van der Waals surface area contributed by atoms with E-state index in [4.69, 9.17) is 0 Å². The van der Waals surface area contributed by atoms with Crippen molar-refractivity contribution in [1.29, 1.82) is 0 Å². The lowest BCUT2D eigenvalue weighted by Gasteiger charge is -2.30. The van der Waals surface area contributed by atoms with E-state index >= 15 is 0 Å². The molecule has 0 aromatic carbocycles. The SMILES string of the molecule is CCC1=CC=C2CCC3=CC=CC1C32. The molecule has 0 aromatic rings. The van der Waals surface area contributed by atoms with Crippen molar-refractivity contribution in [3.63, 3.8) is 0 Å². The largest absolute Gasteiger partial charge is 0.0764 e. The minimum absolute atomic E-state index is 0.697. The van der Waals surface area contributed by atoms with Crippen LogP contribution in [0.3, 0.4) is 0 Å². The average Bonchev–Trinajstić information content (AvgIpc) is 2.65. The van der Waals surface area contributed by atoms with Gasteiger partial charge in [-0.05, 0) is 19.3 Å². The quantitative estimate of drug-likeness (QED) is 0.581. The molecule has 1 saturated carbocycles. The molecule has 0 amide bonds. The van der Waals surface area contributed by atoms with E-state index < -0.39 is 0 Å². The Bertz CT molecular complexity index is 371. The van der Waals surface area contributed by atoms with Gasteiger partial charge in [-0.3, -0.25) is 0 Å². The Kier molecular flexibility index (Phi) is 1.76. The van der Waals surface area contributed by atoms with Crippen LogP contribution < -0.4 is 0 Å². The van der Waals surface area contributed by atoms with E-state index in [1.165, 1.54) is 19.3 Å². The summed E-state index contributed by atoms with van der Waals surface area (Å²) in [7, 11) is 0. The van der Waals surface area contributed by atoms with Crippen LogP contribution in [0.5, 0.6) is 0 Å². The monoisotopic (exact) mass is 184 g/mol. The Balaban J connectivity index is 2.08. The molecular formula is C14H16. The lowest BCUT2D eigenvalue weighted by Crippen LogP contribution is -2.19. The Morgan fingerprint density at radius 2 is 1.93 bits per heavy atom. The summed E-state index contributed by atoms with van der Waals surface area (Å²) in [6, 6.07) is 0. The smallest absolute Gasteiger partial charge is 0.0114 e. The Labute approximate surface area is 85.7 Å². The first-order valence-electron chi connectivity index (χ1n) is 5.67. The summed E-state index contributed by atoms with van der Waals surface area (Å²) in [5.41, 5.74) is 4.95. The molecule has 3 aliphatic carbocycles. The maximum Gasteiger partial charge on any atom is 0.0114 e. The number of hydrogen-bond acceptors (Lipinski definition) is 0. The second kappa shape index (κ2) is 2.98. The highest BCUT2D eigenvalue weighted by atomic mass is 14.4. The molecule has 0 bridgehead atoms. The zero-order chi connectivity index (χ0) is 9.54. The van der Waals surface area contributed by atoms with E-state index in [0.717, 1.165) is 5.92 Å². The van der Waals surface area contributed by atoms with Crippen molar-refractivity contribution in [2.75, 3.05) is 0 Å². The summed E-state index contributed by atoms with van der Waals surface area (Å²) in [5, 5.41) is 0. The van der Waals surface area contributed by atoms with E-state index in [-0.39, 0.29) is 0 Å². The van der Waals surface area contributed by atoms with Crippen molar-refractivity contribution in [1.82, 2.24) is 0 Å². The number of rotatable bonds is 1. The van der Waals surface area contributed by atoms with Gasteiger partial charge in [0.1, 0.15) is 0 Å². The third-order valence-electron chi connectivity index (χ3n) is 3.84. The molecule has 0 nitrogen and oxygen atoms in total. The van der Waals surface area contributed by atoms with Gasteiger partial charge in [-0.25, -0.2) is 0 Å². The molecule has 1 fully saturated rings. The van der Waals surface area contributed by atoms with Crippen molar-refractivity contribution in [2.24, 2.45) is 11.8 Å². The zero-order valence-electron chi connectivity index (χ0n) is 8.66. The molecule has 14 heavy (non-hydrogen) atoms. The standard InChI is InChI=1S/C14H16/c1-2-10-6-7-12-9-8-11-4-3-5-13(10)14(11)12/h3-7,13-14H,2,8-9H2,1H3. The third kappa shape index (κ3) is 1.00. The lowest BCUT2D eigenvalue weighted by atomic mass is 9.74. The molecule has 0 N–H and O–H groups in total. The fourth-order valence-electron chi connectivity index (χ4n) is 3.10. The van der Waals surface area contributed by atoms with Crippen LogP contribution in [0.2, 0.25) is 0 Å². The van der Waals surface area contributed by atoms with Crippen LogP contribution in [0.4, 0.5) is 0 Å². The van der Waals surface area contributed by atoms with Gasteiger partial charge in [-0.2, -0.15) is 0 Å². The molecule has 0 heteroatoms. The van der Waals surface area contributed by atoms with Gasteiger partial charge < -0.3 is 0 Å². The van der Waals surface area contributed by atoms with Crippen LogP contribution in [-0.2, 0) is 0 Å². The van der Waals surface area contributed by atoms with E-state index in [9.17, 15) is 0 Å². The van der Waals surface area contributed by atoms with Gasteiger partial charge in [-0.15, -0.1) is 0 Å². The molecule has 0 aromatic heterocycles. The Morgan fingerprint density at radius 3 is 2.71 bits per heavy atom. The van der Waals surface area contributed by atoms with Gasteiger partial charge in [-0.1, -0.05) is 54.0 Å². The number of hydrogen-bond donors (Lipinski definition) is 0. The molecule has 2 atom stereocenters. The molecule has 0 saturated heterocycles. The van der Waals surface area contributed by atoms with Crippen molar-refractivity contribution < 1.29 is 0 Å². The third-order valence-corrected chi connectivity index (χ3v) is 3.84. The van der Waals surface area contributed by atoms with Crippen LogP contribution in [0.1, 0.15) is 26.2 Å². The highest BCUT2D eigenvalue weighted by Gasteiger charge is 2.35. The van der Waals surface area contributed by atoms with Gasteiger partial charge >= 0.3 is 0 Å². The summed E-state index contributed by atoms with van der Waals surface area (Å²) in [5.74, 6) is 1.45. The van der Waals surface area contributed by atoms with E-state index in [0.29, 0.717) is 5.92 Å². The zero-order valence-corrected chi connectivity index (χ0v) is 8.66. The molecule has 0 spiro atoms. The summed E-state index contributed by atoms with van der Waals surface area (Å²) in [4.78, 5) is 0. The summed E-state index contributed by atoms with van der Waals surface area (Å²) >= 11 is 0. The molecular weight excluding hydrogens is 168 g/mol. The van der Waals surface area contributed by atoms with E-state index in [1.807, 2.05) is 0 Å². The highest BCUT2D eigenvalue weighted by Crippen LogP contribution is 2.48. The predicted octanol–water partition coefficient (Wildman–Crippen LogP) is 3.79. The van der Waals surface area contributed by atoms with Crippen LogP contribution in [0, 0.1) is 11.8 Å². The van der Waals surface area contributed by atoms with Crippen molar-refractivity contribution >= 4 is 0 Å². The normalized spacial score (nSPS) is 33.4. The summed E-state index contributed by atoms with van der Waals surface area (Å²) in [6.45, 7) is 2.27. The van der Waals surface area contributed by atoms with Crippen molar-refractivity contribution in [2.45, 2.75) is 26.2 Å². The van der Waals surface area contributed by atoms with Gasteiger partial charge in [0.15, 0.2) is 0 Å². The van der Waals surface area contributed by atoms with Gasteiger partial charge in [0.25, 0.3) is 0 Å². The fourth-order valence-corrected chi connectivity index (χ4v) is 3.10. The molecule has 0 radical (unpaired) electrons. The topological polar surface area (TPSA) is 0 Å². The van der Waals surface area contributed by atoms with Crippen LogP contribution >= 0.6 is 0 Å². The molecule has 3 aliphatic rings. The average molecular weight is 184 g/mol. The Morgan fingerprint density at radius 1 is 1.14 bits per heavy atom. The van der Waals surface area contributed by atoms with Crippen LogP contribution in [0.15, 0.2) is 47.1 Å². The fraction of sp³-hybridized carbons (Fsp3) is 0.429. The first kappa shape index (κ1) is 8.28. The Hall–Kier alpha value is -1.04. The molecule has 3 rings (SSSR count). The van der Waals surface area contributed by atoms with Gasteiger partial charge in [0.2, 0.25) is 0 Å². The minimum Gasteiger partial charge on any atom is -0.0764 e. The summed E-state index contributed by atoms with van der Waals surface area (Å²) in [6.07, 6.45) is 15.5. The van der Waals surface area contributed by atoms with Crippen LogP contribution in [0.25, 0.3) is 0 Å². The van der Waals surface area contributed by atoms with Crippen LogP contribution in [-0.4, -0.2) is 0 Å². The second-order valence-corrected chi connectivity index (χ2v) is 4.47. The van der Waals surface area contributed by atoms with Crippen molar-refractivity contribution in [3.8, 4) is 0 Å². The first-order chi connectivity index (χ1) is 6.90. The van der Waals surface area contributed by atoms with Crippen molar-refractivity contribution in [3.05, 3.63) is 47.1 Å². The molecule has 0 aliphatic heterocycles. The van der Waals surface area contributed by atoms with E-state index in [1.54, 1.807) is 16.7 Å². The minimum atomic E-state index is 0.697. The maximum atomic E-state index is 2.39. The predicted molar refractivity (Wildman–Crippen MR) is 59.9 cm³/mol. The summed E-state index contributed by atoms with van der Waals surface area (Å²) < 4.78 is 0. The highest BCUT2D eigenvalue weighted by molar-refractivity contribution is 5.45. The van der Waals surface area contributed by atoms with Gasteiger partial charge in [0, 0.05) is 11.8 Å². The molecule has 0 heterocycles. The molecule has 2 unspecified atom stereocenters. The number of allylic oxidation sites excluding steroid dienone is 8. The molecule has 72 valence electrons.